The van der Waals surface area contributed by atoms with Crippen LogP contribution in [0.25, 0.3) is 0 Å². The molecule has 5 nitrogen and oxygen atoms in total. The van der Waals surface area contributed by atoms with Crippen molar-refractivity contribution in [1.82, 2.24) is 10.6 Å². The van der Waals surface area contributed by atoms with Crippen molar-refractivity contribution in [2.24, 2.45) is 22.7 Å². The first-order chi connectivity index (χ1) is 12.9. The number of hydrogen-bond acceptors (Lipinski definition) is 3. The van der Waals surface area contributed by atoms with Gasteiger partial charge in [-0.2, -0.15) is 0 Å². The molecule has 1 aliphatic heterocycles. The van der Waals surface area contributed by atoms with Gasteiger partial charge in [-0.15, -0.1) is 24.0 Å². The average molecular weight is 493 g/mol. The molecule has 2 N–H and O–H groups in total. The monoisotopic (exact) mass is 493 g/mol. The van der Waals surface area contributed by atoms with Crippen molar-refractivity contribution >= 4 is 29.9 Å². The molecule has 2 atom stereocenters. The van der Waals surface area contributed by atoms with Crippen LogP contribution in [0.4, 0.5) is 0 Å². The second-order valence-corrected chi connectivity index (χ2v) is 8.29. The lowest BCUT2D eigenvalue weighted by Gasteiger charge is -2.22. The minimum absolute atomic E-state index is 0. The molecule has 0 bridgehead atoms. The van der Waals surface area contributed by atoms with E-state index < -0.39 is 0 Å². The predicted molar refractivity (Wildman–Crippen MR) is 122 cm³/mol. The normalized spacial score (nSPS) is 27.1. The quantitative estimate of drug-likeness (QED) is 0.221. The molecule has 3 aliphatic rings. The maximum Gasteiger partial charge on any atom is 0.191 e. The molecule has 158 valence electrons. The maximum absolute atomic E-state index is 5.84. The molecule has 2 unspecified atom stereocenters. The molecule has 1 saturated heterocycles. The zero-order valence-corrected chi connectivity index (χ0v) is 19.4. The third-order valence-corrected chi connectivity index (χ3v) is 6.17. The van der Waals surface area contributed by atoms with Crippen LogP contribution in [-0.2, 0) is 9.47 Å². The van der Waals surface area contributed by atoms with E-state index in [-0.39, 0.29) is 24.0 Å². The molecule has 0 radical (unpaired) electrons. The van der Waals surface area contributed by atoms with Gasteiger partial charge in [-0.1, -0.05) is 32.1 Å². The van der Waals surface area contributed by atoms with Gasteiger partial charge in [-0.05, 0) is 50.4 Å². The van der Waals surface area contributed by atoms with Gasteiger partial charge >= 0.3 is 0 Å². The van der Waals surface area contributed by atoms with Crippen LogP contribution < -0.4 is 10.6 Å². The number of rotatable bonds is 9. The maximum atomic E-state index is 5.84. The van der Waals surface area contributed by atoms with E-state index in [1.807, 2.05) is 0 Å². The summed E-state index contributed by atoms with van der Waals surface area (Å²) >= 11 is 0. The van der Waals surface area contributed by atoms with Gasteiger partial charge in [0.15, 0.2) is 5.96 Å². The number of ether oxygens (including phenoxy) is 2. The number of halogens is 1. The molecule has 0 aromatic heterocycles. The molecule has 2 aliphatic carbocycles. The summed E-state index contributed by atoms with van der Waals surface area (Å²) in [6.07, 6.45) is 11.8. The van der Waals surface area contributed by atoms with Gasteiger partial charge in [0.1, 0.15) is 0 Å². The number of nitrogens with zero attached hydrogens (tertiary/aromatic N) is 1. The Balaban J connectivity index is 0.00000261. The molecule has 0 aromatic rings. The van der Waals surface area contributed by atoms with Gasteiger partial charge in [0.2, 0.25) is 0 Å². The van der Waals surface area contributed by atoms with Crippen molar-refractivity contribution in [3.05, 3.63) is 0 Å². The van der Waals surface area contributed by atoms with Gasteiger partial charge in [0.25, 0.3) is 0 Å². The van der Waals surface area contributed by atoms with Gasteiger partial charge in [-0.25, -0.2) is 0 Å². The Morgan fingerprint density at radius 2 is 1.89 bits per heavy atom. The van der Waals surface area contributed by atoms with E-state index in [1.54, 1.807) is 0 Å². The molecule has 0 spiro atoms. The minimum Gasteiger partial charge on any atom is -0.381 e. The fourth-order valence-electron chi connectivity index (χ4n) is 4.48. The second kappa shape index (κ2) is 13.2. The first-order valence-electron chi connectivity index (χ1n) is 11.1. The van der Waals surface area contributed by atoms with E-state index in [4.69, 9.17) is 14.5 Å². The van der Waals surface area contributed by atoms with Crippen molar-refractivity contribution in [1.29, 1.82) is 0 Å². The Bertz CT molecular complexity index is 424. The lowest BCUT2D eigenvalue weighted by molar-refractivity contribution is 0.0205. The van der Waals surface area contributed by atoms with Crippen molar-refractivity contribution in [3.8, 4) is 0 Å². The van der Waals surface area contributed by atoms with E-state index in [0.717, 1.165) is 76.6 Å². The number of hydrogen-bond donors (Lipinski definition) is 2. The molecule has 0 aromatic carbocycles. The van der Waals surface area contributed by atoms with E-state index in [1.165, 1.54) is 38.5 Å². The van der Waals surface area contributed by atoms with Gasteiger partial charge in [0, 0.05) is 45.6 Å². The molecule has 0 amide bonds. The summed E-state index contributed by atoms with van der Waals surface area (Å²) in [6, 6.07) is 0.653. The van der Waals surface area contributed by atoms with Crippen molar-refractivity contribution in [2.45, 2.75) is 70.8 Å². The molecular weight excluding hydrogens is 453 g/mol. The van der Waals surface area contributed by atoms with Crippen LogP contribution in [-0.4, -0.2) is 51.5 Å². The topological polar surface area (TPSA) is 54.9 Å². The summed E-state index contributed by atoms with van der Waals surface area (Å²) in [5.41, 5.74) is 0. The van der Waals surface area contributed by atoms with Crippen molar-refractivity contribution < 1.29 is 9.47 Å². The fraction of sp³-hybridized carbons (Fsp3) is 0.952. The average Bonchev–Trinajstić information content (AvgIpc) is 3.45. The molecule has 27 heavy (non-hydrogen) atoms. The number of guanidine groups is 1. The summed E-state index contributed by atoms with van der Waals surface area (Å²) in [5.74, 6) is 3.54. The van der Waals surface area contributed by atoms with Crippen molar-refractivity contribution in [3.63, 3.8) is 0 Å². The van der Waals surface area contributed by atoms with E-state index in [2.05, 4.69) is 17.6 Å². The van der Waals surface area contributed by atoms with Crippen LogP contribution in [0.15, 0.2) is 4.99 Å². The highest BCUT2D eigenvalue weighted by atomic mass is 127. The second-order valence-electron chi connectivity index (χ2n) is 8.29. The zero-order chi connectivity index (χ0) is 18.0. The molecule has 6 heteroatoms. The first kappa shape index (κ1) is 23.2. The highest BCUT2D eigenvalue weighted by Crippen LogP contribution is 2.44. The highest BCUT2D eigenvalue weighted by molar-refractivity contribution is 14.0. The Labute approximate surface area is 182 Å². The Morgan fingerprint density at radius 3 is 2.63 bits per heavy atom. The van der Waals surface area contributed by atoms with Crippen LogP contribution in [0.2, 0.25) is 0 Å². The zero-order valence-electron chi connectivity index (χ0n) is 17.1. The fourth-order valence-corrected chi connectivity index (χ4v) is 4.48. The molecule has 2 saturated carbocycles. The van der Waals surface area contributed by atoms with Crippen LogP contribution >= 0.6 is 24.0 Å². The predicted octanol–water partition coefficient (Wildman–Crippen LogP) is 3.96. The molecule has 3 rings (SSSR count). The number of aliphatic imine (C=N–C) groups is 1. The van der Waals surface area contributed by atoms with E-state index in [9.17, 15) is 0 Å². The molecule has 1 heterocycles. The van der Waals surface area contributed by atoms with Crippen LogP contribution in [0.5, 0.6) is 0 Å². The SMILES string of the molecule is CCNC(=NCCCOCC1CCOCC1)NC1CC1C1CCCCC1.I. The Morgan fingerprint density at radius 1 is 1.11 bits per heavy atom. The minimum atomic E-state index is 0. The summed E-state index contributed by atoms with van der Waals surface area (Å²) < 4.78 is 11.2. The molecule has 3 fully saturated rings. The first-order valence-corrected chi connectivity index (χ1v) is 11.1. The smallest absolute Gasteiger partial charge is 0.191 e. The van der Waals surface area contributed by atoms with Crippen LogP contribution in [0.1, 0.15) is 64.7 Å². The van der Waals surface area contributed by atoms with Crippen LogP contribution in [0.3, 0.4) is 0 Å². The lowest BCUT2D eigenvalue weighted by Crippen LogP contribution is -2.39. The Hall–Kier alpha value is -0.0800. The summed E-state index contributed by atoms with van der Waals surface area (Å²) in [7, 11) is 0. The van der Waals surface area contributed by atoms with Crippen molar-refractivity contribution in [2.75, 3.05) is 39.5 Å². The number of nitrogens with one attached hydrogen (secondary N) is 2. The third-order valence-electron chi connectivity index (χ3n) is 6.17. The van der Waals surface area contributed by atoms with Gasteiger partial charge in [0.05, 0.1) is 0 Å². The Kier molecular flexibility index (Phi) is 11.3. The van der Waals surface area contributed by atoms with E-state index >= 15 is 0 Å². The summed E-state index contributed by atoms with van der Waals surface area (Å²) in [4.78, 5) is 4.75. The summed E-state index contributed by atoms with van der Waals surface area (Å²) in [6.45, 7) is 7.40. The standard InChI is InChI=1S/C21H39N3O2.HI/c1-2-22-21(24-20-15-19(20)18-7-4-3-5-8-18)23-11-6-12-26-16-17-9-13-25-14-10-17;/h17-20H,2-16H2,1H3,(H2,22,23,24);1H. The highest BCUT2D eigenvalue weighted by Gasteiger charge is 2.43. The van der Waals surface area contributed by atoms with Gasteiger partial charge in [-0.3, -0.25) is 4.99 Å². The largest absolute Gasteiger partial charge is 0.381 e. The third kappa shape index (κ3) is 8.44. The summed E-state index contributed by atoms with van der Waals surface area (Å²) in [5, 5.41) is 7.07. The van der Waals surface area contributed by atoms with Gasteiger partial charge < -0.3 is 20.1 Å². The lowest BCUT2D eigenvalue weighted by atomic mass is 9.85. The molecular formula is C21H40IN3O2. The van der Waals surface area contributed by atoms with Crippen LogP contribution in [0, 0.1) is 17.8 Å². The van der Waals surface area contributed by atoms with E-state index in [0.29, 0.717) is 12.0 Å².